The third kappa shape index (κ3) is 5.64. The summed E-state index contributed by atoms with van der Waals surface area (Å²) in [6.07, 6.45) is 1.25. The van der Waals surface area contributed by atoms with Crippen molar-refractivity contribution < 1.29 is 0 Å². The number of halogens is 1. The minimum absolute atomic E-state index is 0.794. The van der Waals surface area contributed by atoms with E-state index in [4.69, 9.17) is 11.6 Å². The van der Waals surface area contributed by atoms with E-state index in [0.717, 1.165) is 5.02 Å². The standard InChI is InChI=1S/C6H5Cl.C3H8/c7-6-4-2-1-3-5-6;1-3-2/h1-5H;3H2,1-2H3. The summed E-state index contributed by atoms with van der Waals surface area (Å²) in [6, 6.07) is 9.44. The van der Waals surface area contributed by atoms with Gasteiger partial charge in [0.1, 0.15) is 0 Å². The van der Waals surface area contributed by atoms with Gasteiger partial charge in [-0.05, 0) is 12.1 Å². The van der Waals surface area contributed by atoms with Gasteiger partial charge in [-0.25, -0.2) is 0 Å². The second-order valence-corrected chi connectivity index (χ2v) is 2.44. The molecule has 0 saturated carbocycles. The summed E-state index contributed by atoms with van der Waals surface area (Å²) >= 11 is 5.54. The van der Waals surface area contributed by atoms with Crippen LogP contribution in [0.2, 0.25) is 5.02 Å². The molecular formula is C9H13Cl. The Morgan fingerprint density at radius 1 is 1.10 bits per heavy atom. The van der Waals surface area contributed by atoms with Crippen LogP contribution in [0.25, 0.3) is 0 Å². The van der Waals surface area contributed by atoms with Gasteiger partial charge < -0.3 is 0 Å². The van der Waals surface area contributed by atoms with Gasteiger partial charge in [0.05, 0.1) is 0 Å². The molecule has 0 aliphatic rings. The van der Waals surface area contributed by atoms with Crippen molar-refractivity contribution in [1.29, 1.82) is 0 Å². The molecule has 0 spiro atoms. The number of hydrogen-bond acceptors (Lipinski definition) is 0. The summed E-state index contributed by atoms with van der Waals surface area (Å²) in [5.41, 5.74) is 0. The molecule has 10 heavy (non-hydrogen) atoms. The monoisotopic (exact) mass is 156 g/mol. The predicted octanol–water partition coefficient (Wildman–Crippen LogP) is 3.76. The van der Waals surface area contributed by atoms with Gasteiger partial charge in [0.2, 0.25) is 0 Å². The molecule has 1 aromatic rings. The van der Waals surface area contributed by atoms with Crippen LogP contribution in [-0.2, 0) is 0 Å². The highest BCUT2D eigenvalue weighted by Gasteiger charge is 1.74. The Balaban J connectivity index is 0.000000236. The van der Waals surface area contributed by atoms with E-state index in [-0.39, 0.29) is 0 Å². The van der Waals surface area contributed by atoms with Crippen LogP contribution in [0.5, 0.6) is 0 Å². The van der Waals surface area contributed by atoms with Gasteiger partial charge in [-0.1, -0.05) is 50.1 Å². The van der Waals surface area contributed by atoms with Crippen LogP contribution in [0.3, 0.4) is 0 Å². The van der Waals surface area contributed by atoms with Crippen LogP contribution in [0, 0.1) is 0 Å². The maximum Gasteiger partial charge on any atom is 0.0405 e. The highest BCUT2D eigenvalue weighted by molar-refractivity contribution is 6.30. The molecule has 0 N–H and O–H groups in total. The molecule has 0 aromatic heterocycles. The molecule has 0 bridgehead atoms. The lowest BCUT2D eigenvalue weighted by Gasteiger charge is -1.80. The molecule has 1 aromatic carbocycles. The van der Waals surface area contributed by atoms with Gasteiger partial charge in [0.25, 0.3) is 0 Å². The quantitative estimate of drug-likeness (QED) is 0.537. The first-order chi connectivity index (χ1) is 4.81. The SMILES string of the molecule is CCC.Clc1ccccc1. The maximum atomic E-state index is 5.54. The van der Waals surface area contributed by atoms with Crippen LogP contribution >= 0.6 is 11.6 Å². The highest BCUT2D eigenvalue weighted by Crippen LogP contribution is 2.03. The lowest BCUT2D eigenvalue weighted by molar-refractivity contribution is 1.09. The number of rotatable bonds is 0. The Kier molecular flexibility index (Phi) is 6.30. The van der Waals surface area contributed by atoms with Crippen LogP contribution in [0.15, 0.2) is 30.3 Å². The van der Waals surface area contributed by atoms with Gasteiger partial charge in [0, 0.05) is 5.02 Å². The van der Waals surface area contributed by atoms with E-state index < -0.39 is 0 Å². The smallest absolute Gasteiger partial charge is 0.0405 e. The molecule has 0 fully saturated rings. The normalized spacial score (nSPS) is 7.90. The molecule has 0 nitrogen and oxygen atoms in total. The van der Waals surface area contributed by atoms with Crippen molar-refractivity contribution in [3.8, 4) is 0 Å². The van der Waals surface area contributed by atoms with E-state index in [9.17, 15) is 0 Å². The summed E-state index contributed by atoms with van der Waals surface area (Å²) in [5.74, 6) is 0. The van der Waals surface area contributed by atoms with Crippen LogP contribution in [0.4, 0.5) is 0 Å². The summed E-state index contributed by atoms with van der Waals surface area (Å²) in [7, 11) is 0. The highest BCUT2D eigenvalue weighted by atomic mass is 35.5. The average molecular weight is 157 g/mol. The minimum atomic E-state index is 0.794. The van der Waals surface area contributed by atoms with E-state index in [0.29, 0.717) is 0 Å². The first-order valence-corrected chi connectivity index (χ1v) is 3.89. The molecule has 0 aliphatic carbocycles. The van der Waals surface area contributed by atoms with Crippen molar-refractivity contribution in [1.82, 2.24) is 0 Å². The van der Waals surface area contributed by atoms with Crippen molar-refractivity contribution in [3.63, 3.8) is 0 Å². The first kappa shape index (κ1) is 9.51. The zero-order valence-corrected chi connectivity index (χ0v) is 7.23. The average Bonchev–Trinajstić information content (AvgIpc) is 1.91. The van der Waals surface area contributed by atoms with Crippen molar-refractivity contribution >= 4 is 11.6 Å². The molecular weight excluding hydrogens is 144 g/mol. The second-order valence-electron chi connectivity index (χ2n) is 2.00. The van der Waals surface area contributed by atoms with Crippen molar-refractivity contribution in [2.24, 2.45) is 0 Å². The topological polar surface area (TPSA) is 0 Å². The van der Waals surface area contributed by atoms with Gasteiger partial charge in [0.15, 0.2) is 0 Å². The molecule has 0 atom stereocenters. The van der Waals surface area contributed by atoms with E-state index >= 15 is 0 Å². The third-order valence-electron chi connectivity index (χ3n) is 0.733. The van der Waals surface area contributed by atoms with E-state index in [1.165, 1.54) is 6.42 Å². The molecule has 0 radical (unpaired) electrons. The molecule has 1 rings (SSSR count). The van der Waals surface area contributed by atoms with Gasteiger partial charge in [-0.15, -0.1) is 0 Å². The largest absolute Gasteiger partial charge is 0.0843 e. The Hall–Kier alpha value is -0.490. The van der Waals surface area contributed by atoms with Gasteiger partial charge >= 0.3 is 0 Å². The summed E-state index contributed by atoms with van der Waals surface area (Å²) < 4.78 is 0. The maximum absolute atomic E-state index is 5.54. The molecule has 1 heteroatoms. The molecule has 0 saturated heterocycles. The number of hydrogen-bond donors (Lipinski definition) is 0. The Bertz CT molecular complexity index is 146. The van der Waals surface area contributed by atoms with Gasteiger partial charge in [-0.2, -0.15) is 0 Å². The fourth-order valence-electron chi connectivity index (χ4n) is 0.415. The predicted molar refractivity (Wildman–Crippen MR) is 47.4 cm³/mol. The Labute approximate surface area is 67.8 Å². The first-order valence-electron chi connectivity index (χ1n) is 3.51. The van der Waals surface area contributed by atoms with E-state index in [1.807, 2.05) is 30.3 Å². The van der Waals surface area contributed by atoms with Crippen molar-refractivity contribution in [2.45, 2.75) is 20.3 Å². The summed E-state index contributed by atoms with van der Waals surface area (Å²) in [6.45, 7) is 4.25. The number of benzene rings is 1. The molecule has 0 amide bonds. The lowest BCUT2D eigenvalue weighted by atomic mass is 10.4. The molecule has 56 valence electrons. The van der Waals surface area contributed by atoms with Crippen molar-refractivity contribution in [2.75, 3.05) is 0 Å². The summed E-state index contributed by atoms with van der Waals surface area (Å²) in [4.78, 5) is 0. The molecule has 0 aliphatic heterocycles. The van der Waals surface area contributed by atoms with Crippen LogP contribution < -0.4 is 0 Å². The third-order valence-corrected chi connectivity index (χ3v) is 0.985. The van der Waals surface area contributed by atoms with Gasteiger partial charge in [-0.3, -0.25) is 0 Å². The fraction of sp³-hybridized carbons (Fsp3) is 0.333. The van der Waals surface area contributed by atoms with E-state index in [1.54, 1.807) is 0 Å². The lowest BCUT2D eigenvalue weighted by Crippen LogP contribution is -1.55. The second kappa shape index (κ2) is 6.63. The molecule has 0 unspecified atom stereocenters. The molecule has 0 heterocycles. The summed E-state index contributed by atoms with van der Waals surface area (Å²) in [5, 5.41) is 0.794. The Morgan fingerprint density at radius 2 is 1.50 bits per heavy atom. The Morgan fingerprint density at radius 3 is 1.70 bits per heavy atom. The zero-order chi connectivity index (χ0) is 7.82. The fourth-order valence-corrected chi connectivity index (χ4v) is 0.560. The van der Waals surface area contributed by atoms with Crippen LogP contribution in [-0.4, -0.2) is 0 Å². The van der Waals surface area contributed by atoms with Crippen LogP contribution in [0.1, 0.15) is 20.3 Å². The van der Waals surface area contributed by atoms with Crippen molar-refractivity contribution in [3.05, 3.63) is 35.4 Å². The zero-order valence-electron chi connectivity index (χ0n) is 6.47. The van der Waals surface area contributed by atoms with E-state index in [2.05, 4.69) is 13.8 Å². The minimum Gasteiger partial charge on any atom is -0.0843 e.